The summed E-state index contributed by atoms with van der Waals surface area (Å²) in [4.78, 5) is 25.5. The van der Waals surface area contributed by atoms with Crippen molar-refractivity contribution in [1.29, 1.82) is 0 Å². The van der Waals surface area contributed by atoms with Crippen LogP contribution in [0, 0.1) is 17.6 Å². The number of nitrogens with zero attached hydrogens (tertiary/aromatic N) is 1. The van der Waals surface area contributed by atoms with Gasteiger partial charge in [0, 0.05) is 13.0 Å². The third kappa shape index (κ3) is 3.06. The summed E-state index contributed by atoms with van der Waals surface area (Å²) in [7, 11) is 0. The fourth-order valence-electron chi connectivity index (χ4n) is 2.58. The molecule has 0 radical (unpaired) electrons. The number of rotatable bonds is 3. The van der Waals surface area contributed by atoms with Gasteiger partial charge in [-0.15, -0.1) is 0 Å². The maximum Gasteiger partial charge on any atom is 0.229 e. The van der Waals surface area contributed by atoms with Crippen LogP contribution in [0.1, 0.15) is 6.42 Å². The number of hydrogen-bond acceptors (Lipinski definition) is 2. The molecule has 2 aromatic carbocycles. The Balaban J connectivity index is 1.74. The Kier molecular flexibility index (Phi) is 4.06. The van der Waals surface area contributed by atoms with E-state index in [4.69, 9.17) is 0 Å². The fourth-order valence-corrected chi connectivity index (χ4v) is 2.58. The quantitative estimate of drug-likeness (QED) is 0.946. The zero-order valence-corrected chi connectivity index (χ0v) is 12.1. The van der Waals surface area contributed by atoms with Gasteiger partial charge in [-0.25, -0.2) is 8.78 Å². The van der Waals surface area contributed by atoms with Gasteiger partial charge in [0.05, 0.1) is 17.3 Å². The molecule has 2 amide bonds. The zero-order chi connectivity index (χ0) is 16.4. The first-order valence-corrected chi connectivity index (χ1v) is 7.16. The van der Waals surface area contributed by atoms with Gasteiger partial charge in [-0.3, -0.25) is 9.59 Å². The van der Waals surface area contributed by atoms with Crippen molar-refractivity contribution in [2.45, 2.75) is 6.42 Å². The van der Waals surface area contributed by atoms with E-state index in [9.17, 15) is 18.4 Å². The predicted molar refractivity (Wildman–Crippen MR) is 81.9 cm³/mol. The van der Waals surface area contributed by atoms with E-state index in [1.807, 2.05) is 0 Å². The number of hydrogen-bond donors (Lipinski definition) is 1. The van der Waals surface area contributed by atoms with Crippen LogP contribution in [0.3, 0.4) is 0 Å². The summed E-state index contributed by atoms with van der Waals surface area (Å²) >= 11 is 0. The number of amides is 2. The molecule has 3 rings (SSSR count). The highest BCUT2D eigenvalue weighted by Crippen LogP contribution is 2.28. The molecule has 6 heteroatoms. The number of halogens is 2. The van der Waals surface area contributed by atoms with Crippen molar-refractivity contribution >= 4 is 23.2 Å². The molecule has 0 aliphatic carbocycles. The monoisotopic (exact) mass is 316 g/mol. The average molecular weight is 316 g/mol. The summed E-state index contributed by atoms with van der Waals surface area (Å²) < 4.78 is 27.4. The summed E-state index contributed by atoms with van der Waals surface area (Å²) in [5.74, 6) is -2.50. The standard InChI is InChI=1S/C17H14F2N2O2/c18-12-5-1-3-7-14(12)20-17(23)11-9-16(22)21(10-11)15-8-4-2-6-13(15)19/h1-8,11H,9-10H2,(H,20,23). The lowest BCUT2D eigenvalue weighted by atomic mass is 10.1. The van der Waals surface area contributed by atoms with E-state index in [1.165, 1.54) is 41.3 Å². The molecule has 118 valence electrons. The van der Waals surface area contributed by atoms with Crippen molar-refractivity contribution < 1.29 is 18.4 Å². The molecule has 0 saturated carbocycles. The molecule has 0 spiro atoms. The smallest absolute Gasteiger partial charge is 0.229 e. The molecule has 4 nitrogen and oxygen atoms in total. The summed E-state index contributed by atoms with van der Waals surface area (Å²) in [6, 6.07) is 11.7. The van der Waals surface area contributed by atoms with E-state index in [0.717, 1.165) is 0 Å². The highest BCUT2D eigenvalue weighted by atomic mass is 19.1. The number of carbonyl (C=O) groups excluding carboxylic acids is 2. The van der Waals surface area contributed by atoms with E-state index in [2.05, 4.69) is 5.32 Å². The molecule has 1 unspecified atom stereocenters. The van der Waals surface area contributed by atoms with Crippen LogP contribution in [0.4, 0.5) is 20.2 Å². The van der Waals surface area contributed by atoms with E-state index in [1.54, 1.807) is 12.1 Å². The molecule has 1 N–H and O–H groups in total. The maximum atomic E-state index is 13.8. The van der Waals surface area contributed by atoms with Crippen molar-refractivity contribution in [3.63, 3.8) is 0 Å². The lowest BCUT2D eigenvalue weighted by Gasteiger charge is -2.17. The van der Waals surface area contributed by atoms with Crippen molar-refractivity contribution in [2.24, 2.45) is 5.92 Å². The van der Waals surface area contributed by atoms with E-state index in [0.29, 0.717) is 0 Å². The van der Waals surface area contributed by atoms with Gasteiger partial charge >= 0.3 is 0 Å². The third-order valence-electron chi connectivity index (χ3n) is 3.77. The Morgan fingerprint density at radius 3 is 2.39 bits per heavy atom. The van der Waals surface area contributed by atoms with Crippen molar-refractivity contribution in [3.8, 4) is 0 Å². The Bertz CT molecular complexity index is 764. The van der Waals surface area contributed by atoms with Crippen LogP contribution in [0.2, 0.25) is 0 Å². The van der Waals surface area contributed by atoms with Gasteiger partial charge in [0.25, 0.3) is 0 Å². The summed E-state index contributed by atoms with van der Waals surface area (Å²) in [5.41, 5.74) is 0.216. The number of anilines is 2. The lowest BCUT2D eigenvalue weighted by Crippen LogP contribution is -2.28. The highest BCUT2D eigenvalue weighted by Gasteiger charge is 2.36. The molecule has 1 atom stereocenters. The van der Waals surface area contributed by atoms with E-state index >= 15 is 0 Å². The Morgan fingerprint density at radius 2 is 1.70 bits per heavy atom. The van der Waals surface area contributed by atoms with Crippen LogP contribution in [0.25, 0.3) is 0 Å². The molecule has 1 aliphatic heterocycles. The molecular formula is C17H14F2N2O2. The van der Waals surface area contributed by atoms with Crippen LogP contribution in [-0.4, -0.2) is 18.4 Å². The second-order valence-corrected chi connectivity index (χ2v) is 5.33. The van der Waals surface area contributed by atoms with Gasteiger partial charge in [0.2, 0.25) is 11.8 Å². The van der Waals surface area contributed by atoms with Gasteiger partial charge in [-0.2, -0.15) is 0 Å². The molecule has 23 heavy (non-hydrogen) atoms. The highest BCUT2D eigenvalue weighted by molar-refractivity contribution is 6.03. The number of benzene rings is 2. The molecule has 1 saturated heterocycles. The van der Waals surface area contributed by atoms with Gasteiger partial charge in [-0.1, -0.05) is 24.3 Å². The first kappa shape index (κ1) is 15.1. The molecule has 2 aromatic rings. The maximum absolute atomic E-state index is 13.8. The van der Waals surface area contributed by atoms with E-state index in [-0.39, 0.29) is 30.2 Å². The van der Waals surface area contributed by atoms with Crippen LogP contribution in [-0.2, 0) is 9.59 Å². The lowest BCUT2D eigenvalue weighted by molar-refractivity contribution is -0.122. The molecular weight excluding hydrogens is 302 g/mol. The van der Waals surface area contributed by atoms with Gasteiger partial charge in [-0.05, 0) is 24.3 Å². The van der Waals surface area contributed by atoms with E-state index < -0.39 is 23.5 Å². The average Bonchev–Trinajstić information content (AvgIpc) is 2.92. The van der Waals surface area contributed by atoms with Crippen molar-refractivity contribution in [2.75, 3.05) is 16.8 Å². The molecule has 1 fully saturated rings. The van der Waals surface area contributed by atoms with Crippen molar-refractivity contribution in [3.05, 3.63) is 60.2 Å². The zero-order valence-electron chi connectivity index (χ0n) is 12.1. The van der Waals surface area contributed by atoms with Crippen LogP contribution < -0.4 is 10.2 Å². The molecule has 1 aliphatic rings. The minimum Gasteiger partial charge on any atom is -0.323 e. The first-order chi connectivity index (χ1) is 11.1. The fraction of sp³-hybridized carbons (Fsp3) is 0.176. The first-order valence-electron chi connectivity index (χ1n) is 7.16. The van der Waals surface area contributed by atoms with Gasteiger partial charge in [0.1, 0.15) is 11.6 Å². The predicted octanol–water partition coefficient (Wildman–Crippen LogP) is 2.96. The Morgan fingerprint density at radius 1 is 1.04 bits per heavy atom. The van der Waals surface area contributed by atoms with Crippen molar-refractivity contribution in [1.82, 2.24) is 0 Å². The largest absolute Gasteiger partial charge is 0.323 e. The summed E-state index contributed by atoms with van der Waals surface area (Å²) in [6.45, 7) is 0.0695. The Labute approximate surface area is 131 Å². The SMILES string of the molecule is O=C(Nc1ccccc1F)C1CC(=O)N(c2ccccc2F)C1. The normalized spacial score (nSPS) is 17.4. The topological polar surface area (TPSA) is 49.4 Å². The molecule has 0 bridgehead atoms. The minimum atomic E-state index is -0.651. The van der Waals surface area contributed by atoms with Crippen LogP contribution >= 0.6 is 0 Å². The van der Waals surface area contributed by atoms with Gasteiger partial charge < -0.3 is 10.2 Å². The summed E-state index contributed by atoms with van der Waals surface area (Å²) in [6.07, 6.45) is -0.0331. The second-order valence-electron chi connectivity index (χ2n) is 5.33. The minimum absolute atomic E-state index is 0.0331. The number of nitrogens with one attached hydrogen (secondary N) is 1. The molecule has 0 aromatic heterocycles. The third-order valence-corrected chi connectivity index (χ3v) is 3.77. The molecule has 1 heterocycles. The summed E-state index contributed by atoms with van der Waals surface area (Å²) in [5, 5.41) is 2.47. The van der Waals surface area contributed by atoms with Crippen LogP contribution in [0.5, 0.6) is 0 Å². The second kappa shape index (κ2) is 6.16. The Hall–Kier alpha value is -2.76. The number of para-hydroxylation sites is 2. The number of carbonyl (C=O) groups is 2. The van der Waals surface area contributed by atoms with Crippen LogP contribution in [0.15, 0.2) is 48.5 Å². The van der Waals surface area contributed by atoms with Gasteiger partial charge in [0.15, 0.2) is 0 Å².